The molecule has 4 aromatic rings. The smallest absolute Gasteiger partial charge is 0.177 e. The van der Waals surface area contributed by atoms with Crippen LogP contribution < -0.4 is 14.8 Å². The number of rotatable bonds is 3. The van der Waals surface area contributed by atoms with Gasteiger partial charge in [0.1, 0.15) is 11.5 Å². The van der Waals surface area contributed by atoms with Crippen LogP contribution in [0.5, 0.6) is 11.5 Å². The Morgan fingerprint density at radius 1 is 0.828 bits per heavy atom. The average molecular weight is 446 g/mol. The first-order chi connectivity index (χ1) is 14.2. The Bertz CT molecular complexity index is 1160. The highest BCUT2D eigenvalue weighted by molar-refractivity contribution is 9.10. The van der Waals surface area contributed by atoms with Gasteiger partial charge < -0.3 is 9.47 Å². The summed E-state index contributed by atoms with van der Waals surface area (Å²) in [6.45, 7) is 0. The Morgan fingerprint density at radius 3 is 2.31 bits per heavy atom. The topological polar surface area (TPSA) is 30.5 Å². The highest BCUT2D eigenvalue weighted by Gasteiger charge is 2.31. The molecule has 0 unspecified atom stereocenters. The van der Waals surface area contributed by atoms with Gasteiger partial charge in [-0.3, -0.25) is 5.32 Å². The monoisotopic (exact) mass is 445 g/mol. The molecule has 5 rings (SSSR count). The molecule has 0 saturated heterocycles. The number of hydrogen-bond acceptors (Lipinski definition) is 3. The van der Waals surface area contributed by atoms with Crippen molar-refractivity contribution in [3.63, 3.8) is 0 Å². The summed E-state index contributed by atoms with van der Waals surface area (Å²) in [4.78, 5) is 0. The molecule has 0 radical (unpaired) electrons. The molecule has 1 aliphatic rings. The molecular weight excluding hydrogens is 426 g/mol. The fourth-order valence-electron chi connectivity index (χ4n) is 3.93. The normalized spacial score (nSPS) is 18.1. The molecule has 144 valence electrons. The minimum absolute atomic E-state index is 0.0186. The molecule has 1 heterocycles. The molecule has 29 heavy (non-hydrogen) atoms. The van der Waals surface area contributed by atoms with Crippen LogP contribution in [-0.2, 0) is 0 Å². The SMILES string of the molecule is COc1ccc([C@@H]2N[C@@H](c3ccc(Br)cc3)c3c(ccc4ccccc34)O2)cc1. The summed E-state index contributed by atoms with van der Waals surface area (Å²) in [5.74, 6) is 1.75. The van der Waals surface area contributed by atoms with E-state index in [0.29, 0.717) is 0 Å². The molecule has 0 spiro atoms. The van der Waals surface area contributed by atoms with Crippen molar-refractivity contribution in [1.29, 1.82) is 0 Å². The molecule has 0 aliphatic carbocycles. The first-order valence-electron chi connectivity index (χ1n) is 9.57. The Morgan fingerprint density at radius 2 is 1.55 bits per heavy atom. The number of methoxy groups -OCH3 is 1. The summed E-state index contributed by atoms with van der Waals surface area (Å²) in [6, 6.07) is 29.2. The van der Waals surface area contributed by atoms with E-state index in [0.717, 1.165) is 21.5 Å². The van der Waals surface area contributed by atoms with E-state index in [-0.39, 0.29) is 12.3 Å². The summed E-state index contributed by atoms with van der Waals surface area (Å²) in [5, 5.41) is 6.13. The van der Waals surface area contributed by atoms with Crippen molar-refractivity contribution in [3.8, 4) is 11.5 Å². The van der Waals surface area contributed by atoms with E-state index in [1.54, 1.807) is 7.11 Å². The van der Waals surface area contributed by atoms with Crippen molar-refractivity contribution < 1.29 is 9.47 Å². The Labute approximate surface area is 178 Å². The predicted octanol–water partition coefficient (Wildman–Crippen LogP) is 6.38. The third kappa shape index (κ3) is 3.39. The van der Waals surface area contributed by atoms with Gasteiger partial charge in [0.2, 0.25) is 0 Å². The number of nitrogens with one attached hydrogen (secondary N) is 1. The fourth-order valence-corrected chi connectivity index (χ4v) is 4.20. The van der Waals surface area contributed by atoms with Gasteiger partial charge in [0.05, 0.1) is 13.2 Å². The molecule has 1 N–H and O–H groups in total. The number of halogens is 1. The average Bonchev–Trinajstić information content (AvgIpc) is 2.79. The lowest BCUT2D eigenvalue weighted by atomic mass is 9.91. The van der Waals surface area contributed by atoms with Crippen LogP contribution in [0.25, 0.3) is 10.8 Å². The molecule has 4 aromatic carbocycles. The predicted molar refractivity (Wildman–Crippen MR) is 119 cm³/mol. The summed E-state index contributed by atoms with van der Waals surface area (Å²) in [6.07, 6.45) is -0.247. The van der Waals surface area contributed by atoms with Crippen LogP contribution in [0, 0.1) is 0 Å². The highest BCUT2D eigenvalue weighted by Crippen LogP contribution is 2.42. The Balaban J connectivity index is 1.64. The van der Waals surface area contributed by atoms with Crippen LogP contribution in [0.1, 0.15) is 29.0 Å². The van der Waals surface area contributed by atoms with Crippen LogP contribution in [0.3, 0.4) is 0 Å². The second-order valence-electron chi connectivity index (χ2n) is 7.12. The van der Waals surface area contributed by atoms with E-state index in [1.807, 2.05) is 24.3 Å². The lowest BCUT2D eigenvalue weighted by Gasteiger charge is -2.35. The Kier molecular flexibility index (Phi) is 4.74. The lowest BCUT2D eigenvalue weighted by Crippen LogP contribution is -2.35. The van der Waals surface area contributed by atoms with Crippen LogP contribution in [-0.4, -0.2) is 7.11 Å². The lowest BCUT2D eigenvalue weighted by molar-refractivity contribution is 0.133. The first kappa shape index (κ1) is 18.2. The molecule has 0 fully saturated rings. The van der Waals surface area contributed by atoms with Crippen LogP contribution in [0.2, 0.25) is 0 Å². The van der Waals surface area contributed by atoms with Gasteiger partial charge in [-0.1, -0.05) is 70.5 Å². The van der Waals surface area contributed by atoms with Gasteiger partial charge in [0.25, 0.3) is 0 Å². The van der Waals surface area contributed by atoms with Crippen LogP contribution >= 0.6 is 15.9 Å². The number of benzene rings is 4. The van der Waals surface area contributed by atoms with E-state index >= 15 is 0 Å². The molecular formula is C25H20BrNO2. The van der Waals surface area contributed by atoms with Gasteiger partial charge in [0, 0.05) is 15.6 Å². The van der Waals surface area contributed by atoms with Crippen molar-refractivity contribution >= 4 is 26.7 Å². The van der Waals surface area contributed by atoms with E-state index in [4.69, 9.17) is 9.47 Å². The zero-order valence-electron chi connectivity index (χ0n) is 15.9. The van der Waals surface area contributed by atoms with E-state index in [2.05, 4.69) is 81.9 Å². The largest absolute Gasteiger partial charge is 0.497 e. The van der Waals surface area contributed by atoms with E-state index < -0.39 is 0 Å². The number of fused-ring (bicyclic) bond motifs is 3. The van der Waals surface area contributed by atoms with Gasteiger partial charge in [-0.2, -0.15) is 0 Å². The molecule has 0 amide bonds. The van der Waals surface area contributed by atoms with Crippen LogP contribution in [0.15, 0.2) is 89.4 Å². The third-order valence-electron chi connectivity index (χ3n) is 5.40. The number of hydrogen-bond donors (Lipinski definition) is 1. The molecule has 0 bridgehead atoms. The molecule has 1 aliphatic heterocycles. The zero-order valence-corrected chi connectivity index (χ0v) is 17.5. The van der Waals surface area contributed by atoms with Gasteiger partial charge in [-0.05, 0) is 46.7 Å². The first-order valence-corrected chi connectivity index (χ1v) is 10.4. The third-order valence-corrected chi connectivity index (χ3v) is 5.93. The standard InChI is InChI=1S/C25H20BrNO2/c1-28-20-13-8-18(9-14-20)25-27-24(17-6-11-19(26)12-7-17)23-21-5-3-2-4-16(21)10-15-22(23)29-25/h2-15,24-25,27H,1H3/t24-,25+/m0/s1. The van der Waals surface area contributed by atoms with Crippen molar-refractivity contribution in [2.45, 2.75) is 12.3 Å². The second kappa shape index (κ2) is 7.54. The van der Waals surface area contributed by atoms with Crippen molar-refractivity contribution in [2.75, 3.05) is 7.11 Å². The quantitative estimate of drug-likeness (QED) is 0.396. The fraction of sp³-hybridized carbons (Fsp3) is 0.120. The molecule has 2 atom stereocenters. The van der Waals surface area contributed by atoms with Gasteiger partial charge in [-0.25, -0.2) is 0 Å². The second-order valence-corrected chi connectivity index (χ2v) is 8.04. The zero-order chi connectivity index (χ0) is 19.8. The summed E-state index contributed by atoms with van der Waals surface area (Å²) >= 11 is 3.55. The Hall–Kier alpha value is -2.82. The molecule has 3 nitrogen and oxygen atoms in total. The highest BCUT2D eigenvalue weighted by atomic mass is 79.9. The maximum absolute atomic E-state index is 6.41. The minimum Gasteiger partial charge on any atom is -0.497 e. The molecule has 4 heteroatoms. The molecule has 0 aromatic heterocycles. The summed E-state index contributed by atoms with van der Waals surface area (Å²) < 4.78 is 12.8. The van der Waals surface area contributed by atoms with Gasteiger partial charge >= 0.3 is 0 Å². The van der Waals surface area contributed by atoms with Crippen molar-refractivity contribution in [3.05, 3.63) is 106 Å². The molecule has 0 saturated carbocycles. The summed E-state index contributed by atoms with van der Waals surface area (Å²) in [5.41, 5.74) is 3.44. The van der Waals surface area contributed by atoms with Crippen molar-refractivity contribution in [2.24, 2.45) is 0 Å². The van der Waals surface area contributed by atoms with Crippen molar-refractivity contribution in [1.82, 2.24) is 5.32 Å². The van der Waals surface area contributed by atoms with Gasteiger partial charge in [0.15, 0.2) is 6.23 Å². The maximum atomic E-state index is 6.41. The van der Waals surface area contributed by atoms with Crippen LogP contribution in [0.4, 0.5) is 0 Å². The maximum Gasteiger partial charge on any atom is 0.177 e. The van der Waals surface area contributed by atoms with Gasteiger partial charge in [-0.15, -0.1) is 0 Å². The number of ether oxygens (including phenoxy) is 2. The summed E-state index contributed by atoms with van der Waals surface area (Å²) in [7, 11) is 1.68. The minimum atomic E-state index is -0.247. The van der Waals surface area contributed by atoms with E-state index in [9.17, 15) is 0 Å². The van der Waals surface area contributed by atoms with E-state index in [1.165, 1.54) is 21.9 Å².